The molecule has 0 saturated carbocycles. The fourth-order valence-electron chi connectivity index (χ4n) is 5.07. The van der Waals surface area contributed by atoms with Gasteiger partial charge in [0.05, 0.1) is 22.8 Å². The number of nitrogens with zero attached hydrogens (tertiary/aromatic N) is 1. The summed E-state index contributed by atoms with van der Waals surface area (Å²) in [4.78, 5) is 54.4. The summed E-state index contributed by atoms with van der Waals surface area (Å²) in [5.41, 5.74) is 2.75. The zero-order valence-electron chi connectivity index (χ0n) is 28.6. The second kappa shape index (κ2) is 17.7. The highest BCUT2D eigenvalue weighted by molar-refractivity contribution is 8.00. The first-order chi connectivity index (χ1) is 25.2. The third-order valence-corrected chi connectivity index (χ3v) is 10.3. The molecule has 1 aromatic heterocycles. The minimum Gasteiger partial charge on any atom is -0.496 e. The van der Waals surface area contributed by atoms with Gasteiger partial charge in [0.1, 0.15) is 22.5 Å². The molecular weight excluding hydrogens is 695 g/mol. The standard InChI is InChI=1S/C40H35N5O5S2/c1-4-34(38(48)45-40-31(24-41)25(2)35(52-40)39(49)42-28-17-9-6-10-18-28)51-30-20-13-19-29(23-30)43-37(47)32(22-27-16-11-12-21-33(27)50-3)44-36(46)26-14-7-5-8-15-26/h5-23,34H,4H2,1-3H3,(H,42,49)(H,43,47)(H,44,46)(H,45,48)/b32-22+. The highest BCUT2D eigenvalue weighted by Crippen LogP contribution is 2.35. The van der Waals surface area contributed by atoms with E-state index in [0.29, 0.717) is 55.0 Å². The quantitative estimate of drug-likeness (QED) is 0.0707. The van der Waals surface area contributed by atoms with Crippen molar-refractivity contribution in [1.82, 2.24) is 5.32 Å². The van der Waals surface area contributed by atoms with E-state index in [-0.39, 0.29) is 23.1 Å². The summed E-state index contributed by atoms with van der Waals surface area (Å²) < 4.78 is 5.45. The summed E-state index contributed by atoms with van der Waals surface area (Å²) in [6.45, 7) is 3.55. The predicted molar refractivity (Wildman–Crippen MR) is 207 cm³/mol. The molecule has 1 heterocycles. The predicted octanol–water partition coefficient (Wildman–Crippen LogP) is 8.11. The summed E-state index contributed by atoms with van der Waals surface area (Å²) in [6.07, 6.45) is 2.00. The Balaban J connectivity index is 1.31. The highest BCUT2D eigenvalue weighted by Gasteiger charge is 2.25. The Kier molecular flexibility index (Phi) is 12.6. The van der Waals surface area contributed by atoms with Crippen LogP contribution in [0.25, 0.3) is 6.08 Å². The number of thiophene rings is 1. The van der Waals surface area contributed by atoms with Crippen molar-refractivity contribution in [2.45, 2.75) is 30.4 Å². The van der Waals surface area contributed by atoms with Crippen LogP contribution in [-0.4, -0.2) is 36.0 Å². The van der Waals surface area contributed by atoms with Crippen LogP contribution in [0.15, 0.2) is 120 Å². The van der Waals surface area contributed by atoms with Gasteiger partial charge in [-0.25, -0.2) is 0 Å². The summed E-state index contributed by atoms with van der Waals surface area (Å²) in [7, 11) is 1.52. The van der Waals surface area contributed by atoms with Gasteiger partial charge in [0.15, 0.2) is 0 Å². The fourth-order valence-corrected chi connectivity index (χ4v) is 7.14. The molecule has 262 valence electrons. The van der Waals surface area contributed by atoms with E-state index in [1.807, 2.05) is 19.1 Å². The van der Waals surface area contributed by atoms with Crippen molar-refractivity contribution in [3.8, 4) is 11.8 Å². The van der Waals surface area contributed by atoms with Gasteiger partial charge in [0.2, 0.25) is 5.91 Å². The van der Waals surface area contributed by atoms with Gasteiger partial charge >= 0.3 is 0 Å². The van der Waals surface area contributed by atoms with Crippen molar-refractivity contribution in [2.75, 3.05) is 23.1 Å². The van der Waals surface area contributed by atoms with Gasteiger partial charge in [-0.15, -0.1) is 23.1 Å². The zero-order valence-corrected chi connectivity index (χ0v) is 30.2. The molecule has 1 atom stereocenters. The highest BCUT2D eigenvalue weighted by atomic mass is 32.2. The first-order valence-electron chi connectivity index (χ1n) is 16.2. The molecule has 0 radical (unpaired) electrons. The Bertz CT molecular complexity index is 2160. The van der Waals surface area contributed by atoms with Gasteiger partial charge in [-0.05, 0) is 73.5 Å². The van der Waals surface area contributed by atoms with Crippen LogP contribution in [0.3, 0.4) is 0 Å². The van der Waals surface area contributed by atoms with E-state index in [4.69, 9.17) is 4.74 Å². The molecule has 5 aromatic rings. The van der Waals surface area contributed by atoms with Crippen molar-refractivity contribution >= 4 is 69.2 Å². The number of rotatable bonds is 13. The first kappa shape index (κ1) is 37.1. The number of carbonyl (C=O) groups excluding carboxylic acids is 4. The maximum absolute atomic E-state index is 13.7. The van der Waals surface area contributed by atoms with Gasteiger partial charge in [-0.3, -0.25) is 19.2 Å². The number of nitrogens with one attached hydrogen (secondary N) is 4. The smallest absolute Gasteiger partial charge is 0.272 e. The van der Waals surface area contributed by atoms with E-state index >= 15 is 0 Å². The normalized spacial score (nSPS) is 11.5. The van der Waals surface area contributed by atoms with Crippen molar-refractivity contribution in [2.24, 2.45) is 0 Å². The molecule has 12 heteroatoms. The molecule has 4 amide bonds. The molecule has 4 N–H and O–H groups in total. The number of benzene rings is 4. The number of anilines is 3. The summed E-state index contributed by atoms with van der Waals surface area (Å²) in [5.74, 6) is -1.20. The third-order valence-electron chi connectivity index (χ3n) is 7.73. The van der Waals surface area contributed by atoms with Crippen molar-refractivity contribution in [3.05, 3.63) is 142 Å². The Morgan fingerprint density at radius 1 is 0.846 bits per heavy atom. The maximum Gasteiger partial charge on any atom is 0.272 e. The second-order valence-electron chi connectivity index (χ2n) is 11.3. The molecule has 1 unspecified atom stereocenters. The van der Waals surface area contributed by atoms with Gasteiger partial charge in [0, 0.05) is 27.4 Å². The van der Waals surface area contributed by atoms with Crippen LogP contribution in [0.4, 0.5) is 16.4 Å². The number of hydrogen-bond acceptors (Lipinski definition) is 8. The van der Waals surface area contributed by atoms with Crippen molar-refractivity contribution in [1.29, 1.82) is 5.26 Å². The monoisotopic (exact) mass is 729 g/mol. The molecular formula is C40H35N5O5S2. The minimum absolute atomic E-state index is 0.00132. The number of para-hydroxylation sites is 2. The number of ether oxygens (including phenoxy) is 1. The SMILES string of the molecule is CCC(Sc1cccc(NC(=O)/C(=C\c2ccccc2OC)NC(=O)c2ccccc2)c1)C(=O)Nc1sc(C(=O)Nc2ccccc2)c(C)c1C#N. The number of amides is 4. The molecule has 5 rings (SSSR count). The lowest BCUT2D eigenvalue weighted by molar-refractivity contribution is -0.116. The van der Waals surface area contributed by atoms with Gasteiger partial charge < -0.3 is 26.0 Å². The van der Waals surface area contributed by atoms with Crippen LogP contribution in [0, 0.1) is 18.3 Å². The molecule has 0 spiro atoms. The average Bonchev–Trinajstić information content (AvgIpc) is 3.48. The lowest BCUT2D eigenvalue weighted by atomic mass is 10.1. The molecule has 0 saturated heterocycles. The summed E-state index contributed by atoms with van der Waals surface area (Å²) >= 11 is 2.34. The van der Waals surface area contributed by atoms with Crippen LogP contribution in [0.2, 0.25) is 0 Å². The van der Waals surface area contributed by atoms with Crippen LogP contribution in [0.5, 0.6) is 5.75 Å². The maximum atomic E-state index is 13.7. The molecule has 10 nitrogen and oxygen atoms in total. The van der Waals surface area contributed by atoms with Crippen LogP contribution in [0.1, 0.15) is 50.1 Å². The fraction of sp³-hybridized carbons (Fsp3) is 0.125. The first-order valence-corrected chi connectivity index (χ1v) is 17.9. The van der Waals surface area contributed by atoms with Gasteiger partial charge in [-0.2, -0.15) is 5.26 Å². The Labute approximate surface area is 309 Å². The van der Waals surface area contributed by atoms with Crippen molar-refractivity contribution in [3.63, 3.8) is 0 Å². The molecule has 0 bridgehead atoms. The van der Waals surface area contributed by atoms with E-state index in [1.54, 1.807) is 110 Å². The molecule has 52 heavy (non-hydrogen) atoms. The minimum atomic E-state index is -0.564. The Morgan fingerprint density at radius 3 is 2.21 bits per heavy atom. The largest absolute Gasteiger partial charge is 0.496 e. The summed E-state index contributed by atoms with van der Waals surface area (Å²) in [5, 5.41) is 20.9. The van der Waals surface area contributed by atoms with E-state index in [9.17, 15) is 24.4 Å². The molecule has 0 aliphatic carbocycles. The number of hydrogen-bond donors (Lipinski definition) is 4. The lowest BCUT2D eigenvalue weighted by Crippen LogP contribution is -2.30. The lowest BCUT2D eigenvalue weighted by Gasteiger charge is -2.16. The van der Waals surface area contributed by atoms with E-state index < -0.39 is 17.1 Å². The second-order valence-corrected chi connectivity index (χ2v) is 13.6. The van der Waals surface area contributed by atoms with E-state index in [2.05, 4.69) is 27.3 Å². The van der Waals surface area contributed by atoms with Gasteiger partial charge in [-0.1, -0.05) is 67.6 Å². The number of nitriles is 1. The van der Waals surface area contributed by atoms with Crippen LogP contribution in [-0.2, 0) is 9.59 Å². The molecule has 4 aromatic carbocycles. The molecule has 0 aliphatic rings. The average molecular weight is 730 g/mol. The number of carbonyl (C=O) groups is 4. The molecule has 0 aliphatic heterocycles. The van der Waals surface area contributed by atoms with Gasteiger partial charge in [0.25, 0.3) is 17.7 Å². The van der Waals surface area contributed by atoms with Crippen LogP contribution >= 0.6 is 23.1 Å². The Hall–Kier alpha value is -6.16. The topological polar surface area (TPSA) is 149 Å². The van der Waals surface area contributed by atoms with E-state index in [1.165, 1.54) is 18.9 Å². The van der Waals surface area contributed by atoms with Crippen LogP contribution < -0.4 is 26.0 Å². The van der Waals surface area contributed by atoms with E-state index in [0.717, 1.165) is 11.3 Å². The number of thioether (sulfide) groups is 1. The zero-order chi connectivity index (χ0) is 37.0. The molecule has 0 fully saturated rings. The summed E-state index contributed by atoms with van der Waals surface area (Å²) in [6, 6.07) is 33.8. The third kappa shape index (κ3) is 9.33. The number of methoxy groups -OCH3 is 1. The van der Waals surface area contributed by atoms with Crippen molar-refractivity contribution < 1.29 is 23.9 Å². The Morgan fingerprint density at radius 2 is 1.52 bits per heavy atom.